The summed E-state index contributed by atoms with van der Waals surface area (Å²) in [6.07, 6.45) is 2.32. The maximum Gasteiger partial charge on any atom is 0.357 e. The van der Waals surface area contributed by atoms with Gasteiger partial charge in [-0.25, -0.2) is 14.3 Å². The standard InChI is InChI=1S/C23H23N3O4/c1-29-22(27)19-20(16-9-8-12-18(15-16)25-13-6-7-14-25)24-26(21(19)23(28)30-2)17-10-4-3-5-11-17/h3-5,8-12,15H,6-7,13-14H2,1-2H3. The van der Waals surface area contributed by atoms with Crippen molar-refractivity contribution in [1.82, 2.24) is 9.78 Å². The van der Waals surface area contributed by atoms with Gasteiger partial charge < -0.3 is 14.4 Å². The van der Waals surface area contributed by atoms with E-state index < -0.39 is 11.9 Å². The molecular formula is C23H23N3O4. The van der Waals surface area contributed by atoms with Crippen LogP contribution in [-0.2, 0) is 9.47 Å². The average molecular weight is 405 g/mol. The lowest BCUT2D eigenvalue weighted by atomic mass is 10.0. The number of para-hydroxylation sites is 1. The van der Waals surface area contributed by atoms with Gasteiger partial charge in [0.05, 0.1) is 19.9 Å². The number of aromatic nitrogens is 2. The van der Waals surface area contributed by atoms with E-state index in [2.05, 4.69) is 10.00 Å². The van der Waals surface area contributed by atoms with Crippen molar-refractivity contribution in [3.8, 4) is 16.9 Å². The van der Waals surface area contributed by atoms with Crippen molar-refractivity contribution in [2.24, 2.45) is 0 Å². The van der Waals surface area contributed by atoms with Crippen molar-refractivity contribution in [3.63, 3.8) is 0 Å². The zero-order chi connectivity index (χ0) is 21.1. The first kappa shape index (κ1) is 19.7. The van der Waals surface area contributed by atoms with Gasteiger partial charge in [-0.05, 0) is 37.1 Å². The number of carbonyl (C=O) groups is 2. The third-order valence-electron chi connectivity index (χ3n) is 5.25. The highest BCUT2D eigenvalue weighted by Crippen LogP contribution is 2.32. The summed E-state index contributed by atoms with van der Waals surface area (Å²) < 4.78 is 11.4. The summed E-state index contributed by atoms with van der Waals surface area (Å²) in [5.41, 5.74) is 2.95. The molecular weight excluding hydrogens is 382 g/mol. The Bertz CT molecular complexity index is 1070. The van der Waals surface area contributed by atoms with E-state index in [1.54, 1.807) is 0 Å². The summed E-state index contributed by atoms with van der Waals surface area (Å²) in [6, 6.07) is 17.0. The van der Waals surface area contributed by atoms with Crippen LogP contribution in [0.25, 0.3) is 16.9 Å². The normalized spacial score (nSPS) is 13.3. The minimum absolute atomic E-state index is 0.0390. The quantitative estimate of drug-likeness (QED) is 0.603. The Morgan fingerprint density at radius 3 is 2.20 bits per heavy atom. The maximum atomic E-state index is 12.7. The highest BCUT2D eigenvalue weighted by atomic mass is 16.5. The van der Waals surface area contributed by atoms with Crippen LogP contribution in [0.5, 0.6) is 0 Å². The summed E-state index contributed by atoms with van der Waals surface area (Å²) in [7, 11) is 2.56. The largest absolute Gasteiger partial charge is 0.465 e. The first-order chi connectivity index (χ1) is 14.6. The Balaban J connectivity index is 1.93. The number of carbonyl (C=O) groups excluding carboxylic acids is 2. The maximum absolute atomic E-state index is 12.7. The molecule has 0 aliphatic carbocycles. The summed E-state index contributed by atoms with van der Waals surface area (Å²) in [5, 5.41) is 4.65. The molecule has 7 heteroatoms. The van der Waals surface area contributed by atoms with Crippen LogP contribution in [0.4, 0.5) is 5.69 Å². The minimum atomic E-state index is -0.659. The zero-order valence-corrected chi connectivity index (χ0v) is 17.0. The number of rotatable bonds is 5. The van der Waals surface area contributed by atoms with Gasteiger partial charge in [0.15, 0.2) is 5.69 Å². The Kier molecular flexibility index (Phi) is 5.52. The Morgan fingerprint density at radius 1 is 0.867 bits per heavy atom. The summed E-state index contributed by atoms with van der Waals surface area (Å²) in [4.78, 5) is 27.7. The lowest BCUT2D eigenvalue weighted by Crippen LogP contribution is -2.17. The van der Waals surface area contributed by atoms with Gasteiger partial charge in [0.2, 0.25) is 0 Å². The monoisotopic (exact) mass is 405 g/mol. The van der Waals surface area contributed by atoms with Gasteiger partial charge in [0, 0.05) is 24.3 Å². The smallest absolute Gasteiger partial charge is 0.357 e. The van der Waals surface area contributed by atoms with Crippen LogP contribution < -0.4 is 4.90 Å². The van der Waals surface area contributed by atoms with Crippen LogP contribution in [0, 0.1) is 0 Å². The number of nitrogens with zero attached hydrogens (tertiary/aromatic N) is 3. The lowest BCUT2D eigenvalue weighted by molar-refractivity contribution is 0.0549. The van der Waals surface area contributed by atoms with Crippen LogP contribution in [0.3, 0.4) is 0 Å². The van der Waals surface area contributed by atoms with E-state index in [1.807, 2.05) is 54.6 Å². The Morgan fingerprint density at radius 2 is 1.53 bits per heavy atom. The molecule has 0 unspecified atom stereocenters. The molecule has 3 aromatic rings. The van der Waals surface area contributed by atoms with Gasteiger partial charge in [-0.2, -0.15) is 5.10 Å². The molecule has 0 atom stereocenters. The SMILES string of the molecule is COC(=O)c1c(-c2cccc(N3CCCC3)c2)nn(-c2ccccc2)c1C(=O)OC. The molecule has 1 aromatic heterocycles. The third kappa shape index (κ3) is 3.54. The van der Waals surface area contributed by atoms with Crippen molar-refractivity contribution < 1.29 is 19.1 Å². The topological polar surface area (TPSA) is 73.7 Å². The summed E-state index contributed by atoms with van der Waals surface area (Å²) >= 11 is 0. The number of hydrogen-bond acceptors (Lipinski definition) is 6. The molecule has 1 fully saturated rings. The molecule has 1 aliphatic rings. The van der Waals surface area contributed by atoms with Crippen LogP contribution in [0.1, 0.15) is 33.7 Å². The van der Waals surface area contributed by atoms with Crippen molar-refractivity contribution in [3.05, 3.63) is 65.9 Å². The fourth-order valence-electron chi connectivity index (χ4n) is 3.78. The van der Waals surface area contributed by atoms with Gasteiger partial charge in [-0.3, -0.25) is 0 Å². The van der Waals surface area contributed by atoms with Crippen LogP contribution in [-0.4, -0.2) is 49.0 Å². The highest BCUT2D eigenvalue weighted by molar-refractivity contribution is 6.07. The average Bonchev–Trinajstić information content (AvgIpc) is 3.47. The number of esters is 2. The first-order valence-corrected chi connectivity index (χ1v) is 9.84. The van der Waals surface area contributed by atoms with Crippen LogP contribution >= 0.6 is 0 Å². The van der Waals surface area contributed by atoms with Gasteiger partial charge >= 0.3 is 11.9 Å². The van der Waals surface area contributed by atoms with Gasteiger partial charge in [-0.1, -0.05) is 30.3 Å². The number of hydrogen-bond donors (Lipinski definition) is 0. The molecule has 2 heterocycles. The van der Waals surface area contributed by atoms with E-state index in [0.29, 0.717) is 11.4 Å². The van der Waals surface area contributed by atoms with Crippen LogP contribution in [0.15, 0.2) is 54.6 Å². The summed E-state index contributed by atoms with van der Waals surface area (Å²) in [5.74, 6) is -1.30. The molecule has 0 amide bonds. The second-order valence-corrected chi connectivity index (χ2v) is 7.05. The van der Waals surface area contributed by atoms with E-state index in [9.17, 15) is 9.59 Å². The van der Waals surface area contributed by atoms with Crippen molar-refractivity contribution >= 4 is 17.6 Å². The molecule has 1 saturated heterocycles. The first-order valence-electron chi connectivity index (χ1n) is 9.84. The van der Waals surface area contributed by atoms with E-state index in [4.69, 9.17) is 9.47 Å². The lowest BCUT2D eigenvalue weighted by Gasteiger charge is -2.18. The number of benzene rings is 2. The fraction of sp³-hybridized carbons (Fsp3) is 0.261. The second kappa shape index (κ2) is 8.41. The minimum Gasteiger partial charge on any atom is -0.465 e. The molecule has 154 valence electrons. The molecule has 30 heavy (non-hydrogen) atoms. The fourth-order valence-corrected chi connectivity index (χ4v) is 3.78. The Hall–Kier alpha value is -3.61. The molecule has 0 radical (unpaired) electrons. The van der Waals surface area contributed by atoms with E-state index in [0.717, 1.165) is 37.2 Å². The Labute approximate surface area is 174 Å². The predicted octanol–water partition coefficient (Wildman–Crippen LogP) is 3.71. The van der Waals surface area contributed by atoms with Gasteiger partial charge in [0.25, 0.3) is 0 Å². The highest BCUT2D eigenvalue weighted by Gasteiger charge is 2.31. The number of methoxy groups -OCH3 is 2. The van der Waals surface area contributed by atoms with E-state index >= 15 is 0 Å². The molecule has 0 bridgehead atoms. The molecule has 0 N–H and O–H groups in total. The van der Waals surface area contributed by atoms with Crippen molar-refractivity contribution in [1.29, 1.82) is 0 Å². The van der Waals surface area contributed by atoms with E-state index in [1.165, 1.54) is 18.9 Å². The molecule has 7 nitrogen and oxygen atoms in total. The molecule has 0 saturated carbocycles. The molecule has 1 aliphatic heterocycles. The second-order valence-electron chi connectivity index (χ2n) is 7.05. The number of anilines is 1. The summed E-state index contributed by atoms with van der Waals surface area (Å²) in [6.45, 7) is 2.00. The molecule has 0 spiro atoms. The number of ether oxygens (including phenoxy) is 2. The van der Waals surface area contributed by atoms with E-state index in [-0.39, 0.29) is 11.3 Å². The van der Waals surface area contributed by atoms with Gasteiger partial charge in [-0.15, -0.1) is 0 Å². The molecule has 4 rings (SSSR count). The van der Waals surface area contributed by atoms with Crippen LogP contribution in [0.2, 0.25) is 0 Å². The molecule has 2 aromatic carbocycles. The van der Waals surface area contributed by atoms with Crippen molar-refractivity contribution in [2.75, 3.05) is 32.2 Å². The van der Waals surface area contributed by atoms with Crippen molar-refractivity contribution in [2.45, 2.75) is 12.8 Å². The predicted molar refractivity (Wildman–Crippen MR) is 113 cm³/mol. The third-order valence-corrected chi connectivity index (χ3v) is 5.25. The zero-order valence-electron chi connectivity index (χ0n) is 17.0. The van der Waals surface area contributed by atoms with Gasteiger partial charge in [0.1, 0.15) is 11.3 Å².